The molecule has 0 bridgehead atoms. The first-order chi connectivity index (χ1) is 9.35. The molecule has 106 valence electrons. The van der Waals surface area contributed by atoms with Gasteiger partial charge in [0.1, 0.15) is 11.6 Å². The van der Waals surface area contributed by atoms with E-state index in [1.807, 2.05) is 51.1 Å². The van der Waals surface area contributed by atoms with Gasteiger partial charge in [0.2, 0.25) is 0 Å². The third-order valence-corrected chi connectivity index (χ3v) is 2.83. The first-order valence-electron chi connectivity index (χ1n) is 6.67. The van der Waals surface area contributed by atoms with Crippen molar-refractivity contribution in [3.63, 3.8) is 0 Å². The number of benzene rings is 1. The lowest BCUT2D eigenvalue weighted by Gasteiger charge is -2.22. The van der Waals surface area contributed by atoms with E-state index in [9.17, 15) is 4.79 Å². The van der Waals surface area contributed by atoms with Crippen LogP contribution in [0.15, 0.2) is 36.5 Å². The molecule has 0 saturated carbocycles. The molecule has 0 amide bonds. The quantitative estimate of drug-likeness (QED) is 0.872. The average molecular weight is 272 g/mol. The largest absolute Gasteiger partial charge is 0.459 e. The predicted octanol–water partition coefficient (Wildman–Crippen LogP) is 2.45. The second-order valence-electron chi connectivity index (χ2n) is 5.87. The molecule has 0 aliphatic heterocycles. The first kappa shape index (κ1) is 14.5. The van der Waals surface area contributed by atoms with Crippen molar-refractivity contribution in [2.24, 2.45) is 5.73 Å². The maximum Gasteiger partial charge on any atom is 0.323 e. The van der Waals surface area contributed by atoms with Gasteiger partial charge < -0.3 is 10.5 Å². The number of aromatic nitrogens is 1. The van der Waals surface area contributed by atoms with E-state index in [0.29, 0.717) is 6.42 Å². The maximum absolute atomic E-state index is 11.9. The summed E-state index contributed by atoms with van der Waals surface area (Å²) in [6.45, 7) is 5.48. The Hall–Kier alpha value is -1.94. The van der Waals surface area contributed by atoms with Crippen LogP contribution >= 0.6 is 0 Å². The van der Waals surface area contributed by atoms with Gasteiger partial charge in [-0.05, 0) is 32.2 Å². The van der Waals surface area contributed by atoms with E-state index in [1.165, 1.54) is 0 Å². The van der Waals surface area contributed by atoms with E-state index >= 15 is 0 Å². The molecular weight excluding hydrogens is 252 g/mol. The van der Waals surface area contributed by atoms with Crippen molar-refractivity contribution < 1.29 is 9.53 Å². The maximum atomic E-state index is 11.9. The number of carbonyl (C=O) groups excluding carboxylic acids is 1. The number of nitrogens with zero attached hydrogens (tertiary/aromatic N) is 1. The van der Waals surface area contributed by atoms with Crippen LogP contribution in [0.4, 0.5) is 0 Å². The number of esters is 1. The number of pyridine rings is 1. The topological polar surface area (TPSA) is 65.2 Å². The number of rotatable bonds is 3. The second kappa shape index (κ2) is 5.59. The van der Waals surface area contributed by atoms with Crippen LogP contribution in [0.3, 0.4) is 0 Å². The number of hydrogen-bond donors (Lipinski definition) is 1. The summed E-state index contributed by atoms with van der Waals surface area (Å²) in [5.74, 6) is -0.396. The molecule has 0 saturated heterocycles. The minimum Gasteiger partial charge on any atom is -0.459 e. The Morgan fingerprint density at radius 3 is 2.60 bits per heavy atom. The highest BCUT2D eigenvalue weighted by atomic mass is 16.6. The van der Waals surface area contributed by atoms with Crippen LogP contribution < -0.4 is 5.73 Å². The number of hydrogen-bond acceptors (Lipinski definition) is 4. The van der Waals surface area contributed by atoms with Crippen LogP contribution in [-0.2, 0) is 16.0 Å². The molecule has 0 aliphatic rings. The van der Waals surface area contributed by atoms with Gasteiger partial charge in [-0.1, -0.05) is 24.3 Å². The van der Waals surface area contributed by atoms with E-state index < -0.39 is 17.6 Å². The fourth-order valence-corrected chi connectivity index (χ4v) is 1.93. The zero-order chi connectivity index (χ0) is 14.8. The Morgan fingerprint density at radius 2 is 1.95 bits per heavy atom. The van der Waals surface area contributed by atoms with Crippen LogP contribution in [0.25, 0.3) is 10.8 Å². The Kier molecular flexibility index (Phi) is 4.04. The molecule has 2 rings (SSSR count). The number of ether oxygens (including phenoxy) is 1. The Morgan fingerprint density at radius 1 is 1.30 bits per heavy atom. The minimum absolute atomic E-state index is 0.375. The van der Waals surface area contributed by atoms with E-state index in [4.69, 9.17) is 10.5 Å². The minimum atomic E-state index is -0.692. The van der Waals surface area contributed by atoms with Crippen molar-refractivity contribution in [3.05, 3.63) is 42.2 Å². The van der Waals surface area contributed by atoms with Gasteiger partial charge in [0.05, 0.1) is 0 Å². The van der Waals surface area contributed by atoms with Crippen LogP contribution in [0, 0.1) is 0 Å². The Labute approximate surface area is 119 Å². The highest BCUT2D eigenvalue weighted by molar-refractivity contribution is 5.82. The zero-order valence-corrected chi connectivity index (χ0v) is 12.1. The lowest BCUT2D eigenvalue weighted by atomic mass is 10.1. The van der Waals surface area contributed by atoms with Gasteiger partial charge in [0.15, 0.2) is 0 Å². The highest BCUT2D eigenvalue weighted by Gasteiger charge is 2.22. The van der Waals surface area contributed by atoms with Gasteiger partial charge in [-0.25, -0.2) is 0 Å². The molecule has 1 unspecified atom stereocenters. The summed E-state index contributed by atoms with van der Waals surface area (Å²) < 4.78 is 5.27. The normalized spacial score (nSPS) is 13.2. The molecule has 0 spiro atoms. The van der Waals surface area contributed by atoms with Crippen molar-refractivity contribution in [1.82, 2.24) is 4.98 Å². The van der Waals surface area contributed by atoms with Gasteiger partial charge in [0, 0.05) is 23.7 Å². The van der Waals surface area contributed by atoms with Gasteiger partial charge in [-0.15, -0.1) is 0 Å². The van der Waals surface area contributed by atoms with Crippen molar-refractivity contribution in [2.75, 3.05) is 0 Å². The van der Waals surface area contributed by atoms with Crippen LogP contribution in [0.5, 0.6) is 0 Å². The lowest BCUT2D eigenvalue weighted by Crippen LogP contribution is -2.39. The second-order valence-corrected chi connectivity index (χ2v) is 5.87. The fourth-order valence-electron chi connectivity index (χ4n) is 1.93. The summed E-state index contributed by atoms with van der Waals surface area (Å²) in [4.78, 5) is 16.2. The molecule has 2 N–H and O–H groups in total. The molecule has 0 aliphatic carbocycles. The predicted molar refractivity (Wildman–Crippen MR) is 79.3 cm³/mol. The summed E-state index contributed by atoms with van der Waals surface area (Å²) in [5, 5.41) is 2.16. The summed E-state index contributed by atoms with van der Waals surface area (Å²) in [6, 6.07) is 9.22. The molecule has 1 aromatic heterocycles. The first-order valence-corrected chi connectivity index (χ1v) is 6.67. The molecule has 4 heteroatoms. The van der Waals surface area contributed by atoms with Gasteiger partial charge >= 0.3 is 5.97 Å². The van der Waals surface area contributed by atoms with E-state index in [2.05, 4.69) is 4.98 Å². The summed E-state index contributed by atoms with van der Waals surface area (Å²) in [7, 11) is 0. The van der Waals surface area contributed by atoms with E-state index in [1.54, 1.807) is 6.20 Å². The van der Waals surface area contributed by atoms with E-state index in [0.717, 1.165) is 16.5 Å². The number of carbonyl (C=O) groups is 1. The molecule has 20 heavy (non-hydrogen) atoms. The molecule has 0 fully saturated rings. The summed E-state index contributed by atoms with van der Waals surface area (Å²) in [6.07, 6.45) is 2.17. The van der Waals surface area contributed by atoms with Crippen molar-refractivity contribution in [1.29, 1.82) is 0 Å². The molecule has 0 radical (unpaired) electrons. The average Bonchev–Trinajstić information content (AvgIpc) is 2.36. The van der Waals surface area contributed by atoms with Crippen molar-refractivity contribution in [2.45, 2.75) is 38.8 Å². The van der Waals surface area contributed by atoms with Gasteiger partial charge in [0.25, 0.3) is 0 Å². The van der Waals surface area contributed by atoms with Crippen molar-refractivity contribution >= 4 is 16.7 Å². The van der Waals surface area contributed by atoms with Crippen LogP contribution in [0.1, 0.15) is 26.5 Å². The summed E-state index contributed by atoms with van der Waals surface area (Å²) in [5.41, 5.74) is 6.16. The monoisotopic (exact) mass is 272 g/mol. The van der Waals surface area contributed by atoms with E-state index in [-0.39, 0.29) is 0 Å². The Bertz CT molecular complexity index is 617. The molecule has 2 aromatic rings. The third-order valence-electron chi connectivity index (χ3n) is 2.83. The number of nitrogens with two attached hydrogens (primary N) is 1. The fraction of sp³-hybridized carbons (Fsp3) is 0.375. The highest BCUT2D eigenvalue weighted by Crippen LogP contribution is 2.15. The molecule has 1 heterocycles. The molecular formula is C16H20N2O2. The number of fused-ring (bicyclic) bond motifs is 1. The smallest absolute Gasteiger partial charge is 0.323 e. The zero-order valence-electron chi connectivity index (χ0n) is 12.1. The Balaban J connectivity index is 2.09. The third kappa shape index (κ3) is 3.78. The van der Waals surface area contributed by atoms with Crippen LogP contribution in [-0.4, -0.2) is 22.6 Å². The van der Waals surface area contributed by atoms with Crippen molar-refractivity contribution in [3.8, 4) is 0 Å². The SMILES string of the molecule is CC(C)(C)OC(=O)C(N)Cc1cc2ccccc2cn1. The van der Waals surface area contributed by atoms with Gasteiger partial charge in [-0.3, -0.25) is 9.78 Å². The standard InChI is InChI=1S/C16H20N2O2/c1-16(2,3)20-15(19)14(17)9-13-8-11-6-4-5-7-12(11)10-18-13/h4-8,10,14H,9,17H2,1-3H3. The summed E-state index contributed by atoms with van der Waals surface area (Å²) >= 11 is 0. The lowest BCUT2D eigenvalue weighted by molar-refractivity contribution is -0.156. The molecule has 1 atom stereocenters. The van der Waals surface area contributed by atoms with Crippen LogP contribution in [0.2, 0.25) is 0 Å². The van der Waals surface area contributed by atoms with Gasteiger partial charge in [-0.2, -0.15) is 0 Å². The molecule has 1 aromatic carbocycles. The molecule has 4 nitrogen and oxygen atoms in total.